The maximum atomic E-state index is 13.7. The van der Waals surface area contributed by atoms with Gasteiger partial charge in [0.1, 0.15) is 23.5 Å². The summed E-state index contributed by atoms with van der Waals surface area (Å²) in [5, 5.41) is 19.4. The van der Waals surface area contributed by atoms with E-state index < -0.39 is 11.8 Å². The summed E-state index contributed by atoms with van der Waals surface area (Å²) in [5.41, 5.74) is 3.12. The molecule has 10 nitrogen and oxygen atoms in total. The molecule has 1 atom stereocenters. The number of nitrogens with one attached hydrogen (secondary N) is 3. The zero-order valence-electron chi connectivity index (χ0n) is 19.1. The van der Waals surface area contributed by atoms with Crippen molar-refractivity contribution in [3.63, 3.8) is 0 Å². The average Bonchev–Trinajstić information content (AvgIpc) is 3.43. The van der Waals surface area contributed by atoms with Crippen LogP contribution < -0.4 is 10.6 Å². The number of hydrogen-bond donors (Lipinski definition) is 3. The number of H-pyrrole nitrogens is 1. The number of aromatic nitrogens is 6. The van der Waals surface area contributed by atoms with Gasteiger partial charge in [0.2, 0.25) is 5.82 Å². The second kappa shape index (κ2) is 10.6. The molecule has 0 bridgehead atoms. The quantitative estimate of drug-likeness (QED) is 0.357. The zero-order chi connectivity index (χ0) is 24.8. The topological polar surface area (TPSA) is 138 Å². The fraction of sp³-hybridized carbons (Fsp3) is 0.208. The smallest absolute Gasteiger partial charge is 0.270 e. The molecule has 2 aromatic carbocycles. The Morgan fingerprint density at radius 1 is 1.03 bits per heavy atom. The highest BCUT2D eigenvalue weighted by atomic mass is 19.1. The number of amides is 2. The van der Waals surface area contributed by atoms with E-state index >= 15 is 0 Å². The van der Waals surface area contributed by atoms with E-state index in [-0.39, 0.29) is 29.8 Å². The van der Waals surface area contributed by atoms with Crippen molar-refractivity contribution < 1.29 is 14.0 Å². The Bertz CT molecular complexity index is 1330. The summed E-state index contributed by atoms with van der Waals surface area (Å²) < 4.78 is 13.7. The van der Waals surface area contributed by atoms with Gasteiger partial charge in [0.05, 0.1) is 6.04 Å². The van der Waals surface area contributed by atoms with Crippen LogP contribution in [0, 0.1) is 5.82 Å². The van der Waals surface area contributed by atoms with Gasteiger partial charge in [0.15, 0.2) is 0 Å². The van der Waals surface area contributed by atoms with Crippen molar-refractivity contribution in [1.82, 2.24) is 41.2 Å². The van der Waals surface area contributed by atoms with Gasteiger partial charge in [-0.1, -0.05) is 43.3 Å². The van der Waals surface area contributed by atoms with Crippen LogP contribution in [0.15, 0.2) is 54.9 Å². The summed E-state index contributed by atoms with van der Waals surface area (Å²) >= 11 is 0. The van der Waals surface area contributed by atoms with E-state index in [1.165, 1.54) is 18.5 Å². The third kappa shape index (κ3) is 5.69. The lowest BCUT2D eigenvalue weighted by Gasteiger charge is -2.14. The molecule has 0 aliphatic heterocycles. The largest absolute Gasteiger partial charge is 0.347 e. The molecular formula is C24H23FN8O2. The molecule has 2 aromatic heterocycles. The molecular weight excluding hydrogens is 451 g/mol. The summed E-state index contributed by atoms with van der Waals surface area (Å²) in [5.74, 6) is -0.701. The Labute approximate surface area is 200 Å². The van der Waals surface area contributed by atoms with Crippen molar-refractivity contribution >= 4 is 11.8 Å². The summed E-state index contributed by atoms with van der Waals surface area (Å²) in [6.45, 7) is 3.90. The highest BCUT2D eigenvalue weighted by Gasteiger charge is 2.16. The third-order valence-corrected chi connectivity index (χ3v) is 5.44. The van der Waals surface area contributed by atoms with Crippen molar-refractivity contribution in [2.75, 3.05) is 0 Å². The lowest BCUT2D eigenvalue weighted by Crippen LogP contribution is -2.29. The monoisotopic (exact) mass is 474 g/mol. The molecule has 3 N–H and O–H groups in total. The molecule has 11 heteroatoms. The van der Waals surface area contributed by atoms with E-state index in [4.69, 9.17) is 0 Å². The average molecular weight is 475 g/mol. The number of nitrogens with zero attached hydrogens (tertiary/aromatic N) is 5. The first kappa shape index (κ1) is 23.6. The van der Waals surface area contributed by atoms with Gasteiger partial charge in [-0.3, -0.25) is 9.59 Å². The summed E-state index contributed by atoms with van der Waals surface area (Å²) in [4.78, 5) is 33.3. The van der Waals surface area contributed by atoms with Crippen LogP contribution in [0.1, 0.15) is 57.6 Å². The number of tetrazole rings is 1. The van der Waals surface area contributed by atoms with E-state index in [1.807, 2.05) is 38.1 Å². The molecule has 178 valence electrons. The number of benzene rings is 2. The van der Waals surface area contributed by atoms with Crippen LogP contribution in [0.5, 0.6) is 0 Å². The Morgan fingerprint density at radius 2 is 1.77 bits per heavy atom. The summed E-state index contributed by atoms with van der Waals surface area (Å²) in [6.07, 6.45) is 1.72. The lowest BCUT2D eigenvalue weighted by molar-refractivity contribution is 0.0934. The molecule has 0 fully saturated rings. The number of carbonyl (C=O) groups excluding carboxylic acids is 2. The van der Waals surface area contributed by atoms with Gasteiger partial charge in [-0.2, -0.15) is 5.21 Å². The Morgan fingerprint density at radius 3 is 2.46 bits per heavy atom. The van der Waals surface area contributed by atoms with Crippen LogP contribution in [0.3, 0.4) is 0 Å². The van der Waals surface area contributed by atoms with Crippen molar-refractivity contribution in [2.45, 2.75) is 32.9 Å². The molecule has 2 heterocycles. The zero-order valence-corrected chi connectivity index (χ0v) is 19.1. The number of aromatic amines is 1. The first-order valence-electron chi connectivity index (χ1n) is 11.0. The minimum Gasteiger partial charge on any atom is -0.347 e. The van der Waals surface area contributed by atoms with Gasteiger partial charge >= 0.3 is 0 Å². The maximum Gasteiger partial charge on any atom is 0.270 e. The van der Waals surface area contributed by atoms with Crippen molar-refractivity contribution in [3.05, 3.63) is 88.8 Å². The highest BCUT2D eigenvalue weighted by Crippen LogP contribution is 2.19. The fourth-order valence-electron chi connectivity index (χ4n) is 3.45. The van der Waals surface area contributed by atoms with Gasteiger partial charge < -0.3 is 10.6 Å². The number of halogens is 1. The van der Waals surface area contributed by atoms with E-state index in [0.717, 1.165) is 16.7 Å². The van der Waals surface area contributed by atoms with Crippen molar-refractivity contribution in [3.8, 4) is 11.4 Å². The van der Waals surface area contributed by atoms with Gasteiger partial charge in [0.25, 0.3) is 11.8 Å². The molecule has 4 rings (SSSR count). The van der Waals surface area contributed by atoms with Gasteiger partial charge in [-0.05, 0) is 41.3 Å². The molecule has 0 saturated carbocycles. The van der Waals surface area contributed by atoms with Crippen LogP contribution in [0.4, 0.5) is 4.39 Å². The Hall–Kier alpha value is -4.54. The van der Waals surface area contributed by atoms with Crippen LogP contribution in [0.2, 0.25) is 0 Å². The van der Waals surface area contributed by atoms with Crippen LogP contribution in [-0.4, -0.2) is 42.4 Å². The lowest BCUT2D eigenvalue weighted by atomic mass is 10.1. The second-order valence-electron chi connectivity index (χ2n) is 7.80. The van der Waals surface area contributed by atoms with E-state index in [0.29, 0.717) is 17.8 Å². The minimum atomic E-state index is -0.464. The van der Waals surface area contributed by atoms with E-state index in [9.17, 15) is 14.0 Å². The van der Waals surface area contributed by atoms with Gasteiger partial charge in [-0.15, -0.1) is 10.2 Å². The molecule has 0 aliphatic carbocycles. The predicted molar refractivity (Wildman–Crippen MR) is 124 cm³/mol. The number of aryl methyl sites for hydroxylation is 1. The van der Waals surface area contributed by atoms with Gasteiger partial charge in [-0.25, -0.2) is 14.4 Å². The molecule has 0 unspecified atom stereocenters. The highest BCUT2D eigenvalue weighted by molar-refractivity contribution is 5.97. The molecule has 0 spiro atoms. The number of rotatable bonds is 8. The number of carbonyl (C=O) groups is 2. The molecule has 0 saturated heterocycles. The molecule has 0 radical (unpaired) electrons. The molecule has 4 aromatic rings. The Kier molecular flexibility index (Phi) is 7.15. The summed E-state index contributed by atoms with van der Waals surface area (Å²) in [6, 6.07) is 13.1. The molecule has 0 aliphatic rings. The second-order valence-corrected chi connectivity index (χ2v) is 7.80. The van der Waals surface area contributed by atoms with Gasteiger partial charge in [0, 0.05) is 18.2 Å². The number of hydrogen-bond acceptors (Lipinski definition) is 7. The van der Waals surface area contributed by atoms with Crippen LogP contribution in [0.25, 0.3) is 11.4 Å². The standard InChI is InChI=1S/C24H23FN8O2/c1-3-16-10-15(4-9-19(16)25)12-26-23(34)20-11-21(28-13-27-20)24(35)29-14(2)17-5-7-18(8-6-17)22-30-32-33-31-22/h4-11,13-14H,3,12H2,1-2H3,(H,26,34)(H,29,35)(H,30,31,32,33)/t14-/m0/s1. The SMILES string of the molecule is CCc1cc(CNC(=O)c2cc(C(=O)N[C@@H](C)c3ccc(-c4nn[nH]n4)cc3)ncn2)ccc1F. The molecule has 35 heavy (non-hydrogen) atoms. The van der Waals surface area contributed by atoms with E-state index in [1.54, 1.807) is 12.1 Å². The van der Waals surface area contributed by atoms with Crippen molar-refractivity contribution in [1.29, 1.82) is 0 Å². The van der Waals surface area contributed by atoms with Crippen LogP contribution in [-0.2, 0) is 13.0 Å². The Balaban J connectivity index is 1.37. The van der Waals surface area contributed by atoms with Crippen LogP contribution >= 0.6 is 0 Å². The minimum absolute atomic E-state index is 0.0556. The fourth-order valence-corrected chi connectivity index (χ4v) is 3.45. The van der Waals surface area contributed by atoms with Crippen molar-refractivity contribution in [2.24, 2.45) is 0 Å². The first-order valence-corrected chi connectivity index (χ1v) is 11.0. The third-order valence-electron chi connectivity index (χ3n) is 5.44. The predicted octanol–water partition coefficient (Wildman–Crippen LogP) is 2.78. The maximum absolute atomic E-state index is 13.7. The summed E-state index contributed by atoms with van der Waals surface area (Å²) in [7, 11) is 0. The first-order chi connectivity index (χ1) is 16.9. The molecule has 2 amide bonds. The normalized spacial score (nSPS) is 11.6. The van der Waals surface area contributed by atoms with E-state index in [2.05, 4.69) is 41.2 Å².